The normalized spacial score (nSPS) is 11.5. The van der Waals surface area contributed by atoms with E-state index in [2.05, 4.69) is 30.9 Å². The lowest BCUT2D eigenvalue weighted by molar-refractivity contribution is 0.100. The predicted molar refractivity (Wildman–Crippen MR) is 70.4 cm³/mol. The molecular weight excluding hydrogens is 214 g/mol. The highest BCUT2D eigenvalue weighted by Crippen LogP contribution is 2.33. The molecule has 0 aliphatic rings. The van der Waals surface area contributed by atoms with Crippen LogP contribution in [0.15, 0.2) is 4.99 Å². The van der Waals surface area contributed by atoms with Crippen LogP contribution >= 0.6 is 0 Å². The Morgan fingerprint density at radius 3 is 2.12 bits per heavy atom. The molecule has 0 atom stereocenters. The molecule has 1 aromatic rings. The van der Waals surface area contributed by atoms with Crippen LogP contribution in [0.25, 0.3) is 0 Å². The molecule has 0 amide bonds. The Balaban J connectivity index is 3.59. The van der Waals surface area contributed by atoms with Gasteiger partial charge in [0, 0.05) is 25.1 Å². The second-order valence-electron chi connectivity index (χ2n) is 5.53. The van der Waals surface area contributed by atoms with E-state index in [1.54, 1.807) is 18.7 Å². The van der Waals surface area contributed by atoms with Gasteiger partial charge in [0.1, 0.15) is 11.4 Å². The van der Waals surface area contributed by atoms with Gasteiger partial charge in [-0.3, -0.25) is 14.5 Å². The number of ketones is 1. The quantitative estimate of drug-likeness (QED) is 0.584. The summed E-state index contributed by atoms with van der Waals surface area (Å²) in [5.41, 5.74) is 2.96. The molecule has 1 aromatic heterocycles. The summed E-state index contributed by atoms with van der Waals surface area (Å²) >= 11 is 0. The van der Waals surface area contributed by atoms with E-state index in [1.807, 2.05) is 13.8 Å². The summed E-state index contributed by atoms with van der Waals surface area (Å²) in [5, 5.41) is 4.44. The van der Waals surface area contributed by atoms with Crippen LogP contribution in [0.3, 0.4) is 0 Å². The summed E-state index contributed by atoms with van der Waals surface area (Å²) in [6.07, 6.45) is 0. The van der Waals surface area contributed by atoms with Gasteiger partial charge in [-0.25, -0.2) is 0 Å². The largest absolute Gasteiger partial charge is 0.293 e. The number of nitrogens with zero attached hydrogens (tertiary/aromatic N) is 3. The van der Waals surface area contributed by atoms with Crippen LogP contribution < -0.4 is 0 Å². The first-order valence-corrected chi connectivity index (χ1v) is 5.75. The highest BCUT2D eigenvalue weighted by Gasteiger charge is 2.27. The van der Waals surface area contributed by atoms with Gasteiger partial charge in [-0.1, -0.05) is 20.8 Å². The lowest BCUT2D eigenvalue weighted by Gasteiger charge is -2.16. The standard InChI is InChI=1S/C13H21N3O/c1-8(2)14-10-11(9(3)17)16(7)15-12(10)13(4,5)6/h1-7H3. The number of aryl methyl sites for hydroxylation is 1. The zero-order valence-electron chi connectivity index (χ0n) is 11.7. The third-order valence-electron chi connectivity index (χ3n) is 2.40. The van der Waals surface area contributed by atoms with Gasteiger partial charge in [0.2, 0.25) is 0 Å². The molecule has 94 valence electrons. The SMILES string of the molecule is CC(=O)c1c(N=C(C)C)c(C(C)(C)C)nn1C. The molecule has 0 aliphatic carbocycles. The molecule has 1 rings (SSSR count). The third kappa shape index (κ3) is 2.81. The molecular formula is C13H21N3O. The number of aromatic nitrogens is 2. The maximum atomic E-state index is 11.7. The predicted octanol–water partition coefficient (Wildman–Crippen LogP) is 3.03. The van der Waals surface area contributed by atoms with Gasteiger partial charge < -0.3 is 0 Å². The number of carbonyl (C=O) groups is 1. The highest BCUT2D eigenvalue weighted by atomic mass is 16.1. The van der Waals surface area contributed by atoms with E-state index in [4.69, 9.17) is 0 Å². The molecule has 0 radical (unpaired) electrons. The van der Waals surface area contributed by atoms with Crippen molar-refractivity contribution < 1.29 is 4.79 Å². The van der Waals surface area contributed by atoms with Gasteiger partial charge in [0.15, 0.2) is 5.78 Å². The van der Waals surface area contributed by atoms with Crippen LogP contribution in [0.5, 0.6) is 0 Å². The average molecular weight is 235 g/mol. The van der Waals surface area contributed by atoms with Crippen LogP contribution in [0.4, 0.5) is 5.69 Å². The van der Waals surface area contributed by atoms with E-state index in [9.17, 15) is 4.79 Å². The fraction of sp³-hybridized carbons (Fsp3) is 0.615. The van der Waals surface area contributed by atoms with Crippen LogP contribution in [-0.4, -0.2) is 21.3 Å². The van der Waals surface area contributed by atoms with Crippen LogP contribution in [-0.2, 0) is 12.5 Å². The molecule has 0 fully saturated rings. The molecule has 1 heterocycles. The third-order valence-corrected chi connectivity index (χ3v) is 2.40. The maximum Gasteiger partial charge on any atom is 0.180 e. The monoisotopic (exact) mass is 235 g/mol. The van der Waals surface area contributed by atoms with Crippen LogP contribution in [0.1, 0.15) is 57.7 Å². The first-order valence-electron chi connectivity index (χ1n) is 5.75. The molecule has 17 heavy (non-hydrogen) atoms. The van der Waals surface area contributed by atoms with Gasteiger partial charge in [-0.2, -0.15) is 5.10 Å². The average Bonchev–Trinajstić information content (AvgIpc) is 2.40. The Hall–Kier alpha value is -1.45. The summed E-state index contributed by atoms with van der Waals surface area (Å²) < 4.78 is 1.63. The number of aliphatic imine (C=N–C) groups is 1. The number of Topliss-reactive ketones (excluding diaryl/α,β-unsaturated/α-hetero) is 1. The molecule has 4 heteroatoms. The van der Waals surface area contributed by atoms with E-state index in [0.717, 1.165) is 11.4 Å². The smallest absolute Gasteiger partial charge is 0.180 e. The van der Waals surface area contributed by atoms with Crippen molar-refractivity contribution in [3.05, 3.63) is 11.4 Å². The Bertz CT molecular complexity index is 472. The first kappa shape index (κ1) is 13.6. The molecule has 0 N–H and O–H groups in total. The van der Waals surface area contributed by atoms with Crippen molar-refractivity contribution in [2.24, 2.45) is 12.0 Å². The molecule has 0 bridgehead atoms. The molecule has 0 aliphatic heterocycles. The minimum atomic E-state index is -0.125. The number of rotatable bonds is 2. The summed E-state index contributed by atoms with van der Waals surface area (Å²) in [7, 11) is 1.79. The van der Waals surface area contributed by atoms with Crippen molar-refractivity contribution in [3.63, 3.8) is 0 Å². The van der Waals surface area contributed by atoms with Crippen molar-refractivity contribution in [2.75, 3.05) is 0 Å². The summed E-state index contributed by atoms with van der Waals surface area (Å²) in [6.45, 7) is 11.6. The second-order valence-corrected chi connectivity index (χ2v) is 5.53. The Morgan fingerprint density at radius 1 is 1.24 bits per heavy atom. The topological polar surface area (TPSA) is 47.2 Å². The lowest BCUT2D eigenvalue weighted by Crippen LogP contribution is -2.12. The number of carbonyl (C=O) groups excluding carboxylic acids is 1. The zero-order chi connectivity index (χ0) is 13.4. The summed E-state index contributed by atoms with van der Waals surface area (Å²) in [4.78, 5) is 16.2. The molecule has 0 saturated carbocycles. The van der Waals surface area contributed by atoms with Gasteiger partial charge in [0.05, 0.1) is 5.69 Å². The van der Waals surface area contributed by atoms with E-state index in [1.165, 1.54) is 0 Å². The fourth-order valence-electron chi connectivity index (χ4n) is 1.74. The van der Waals surface area contributed by atoms with E-state index in [0.29, 0.717) is 11.4 Å². The van der Waals surface area contributed by atoms with E-state index in [-0.39, 0.29) is 11.2 Å². The molecule has 0 spiro atoms. The summed E-state index contributed by atoms with van der Waals surface area (Å²) in [6, 6.07) is 0. The van der Waals surface area contributed by atoms with Crippen molar-refractivity contribution in [2.45, 2.75) is 47.0 Å². The Kier molecular flexibility index (Phi) is 3.55. The Labute approximate surface area is 103 Å². The minimum absolute atomic E-state index is 0.00417. The number of hydrogen-bond donors (Lipinski definition) is 0. The Morgan fingerprint density at radius 2 is 1.76 bits per heavy atom. The molecule has 0 unspecified atom stereocenters. The van der Waals surface area contributed by atoms with Crippen molar-refractivity contribution >= 4 is 17.2 Å². The first-order chi connectivity index (χ1) is 7.64. The van der Waals surface area contributed by atoms with Crippen LogP contribution in [0, 0.1) is 0 Å². The van der Waals surface area contributed by atoms with Gasteiger partial charge in [-0.05, 0) is 13.8 Å². The van der Waals surface area contributed by atoms with E-state index >= 15 is 0 Å². The van der Waals surface area contributed by atoms with Crippen LogP contribution in [0.2, 0.25) is 0 Å². The van der Waals surface area contributed by atoms with Gasteiger partial charge in [0.25, 0.3) is 0 Å². The second kappa shape index (κ2) is 4.43. The van der Waals surface area contributed by atoms with Crippen molar-refractivity contribution in [1.82, 2.24) is 9.78 Å². The fourth-order valence-corrected chi connectivity index (χ4v) is 1.74. The molecule has 0 saturated heterocycles. The lowest BCUT2D eigenvalue weighted by atomic mass is 9.90. The van der Waals surface area contributed by atoms with Gasteiger partial charge >= 0.3 is 0 Å². The van der Waals surface area contributed by atoms with Crippen molar-refractivity contribution in [3.8, 4) is 0 Å². The highest BCUT2D eigenvalue weighted by molar-refractivity contribution is 5.99. The van der Waals surface area contributed by atoms with E-state index < -0.39 is 0 Å². The maximum absolute atomic E-state index is 11.7. The number of hydrogen-bond acceptors (Lipinski definition) is 3. The zero-order valence-corrected chi connectivity index (χ0v) is 11.7. The summed E-state index contributed by atoms with van der Waals surface area (Å²) in [5.74, 6) is -0.00417. The minimum Gasteiger partial charge on any atom is -0.293 e. The van der Waals surface area contributed by atoms with Crippen molar-refractivity contribution in [1.29, 1.82) is 0 Å². The molecule has 0 aromatic carbocycles. The molecule has 4 nitrogen and oxygen atoms in total. The van der Waals surface area contributed by atoms with Gasteiger partial charge in [-0.15, -0.1) is 0 Å².